The van der Waals surface area contributed by atoms with Crippen molar-refractivity contribution in [3.8, 4) is 0 Å². The molecule has 5 heteroatoms. The molecule has 0 aliphatic carbocycles. The topological polar surface area (TPSA) is 53.2 Å². The third-order valence-corrected chi connectivity index (χ3v) is 7.34. The minimum Gasteiger partial charge on any atom is -0.357 e. The second-order valence-electron chi connectivity index (χ2n) is 7.21. The predicted octanol–water partition coefficient (Wildman–Crippen LogP) is 4.70. The molecule has 1 fully saturated rings. The lowest BCUT2D eigenvalue weighted by molar-refractivity contribution is 0.252. The van der Waals surface area contributed by atoms with Crippen molar-refractivity contribution in [2.24, 2.45) is 0 Å². The highest BCUT2D eigenvalue weighted by atomic mass is 32.2. The summed E-state index contributed by atoms with van der Waals surface area (Å²) in [6.45, 7) is 4.37. The smallest absolute Gasteiger partial charge is 0.243 e. The van der Waals surface area contributed by atoms with E-state index in [4.69, 9.17) is 0 Å². The molecule has 2 aromatic carbocycles. The van der Waals surface area contributed by atoms with Crippen LogP contribution in [0.1, 0.15) is 42.1 Å². The highest BCUT2D eigenvalue weighted by Gasteiger charge is 2.36. The molecule has 1 aliphatic heterocycles. The molecule has 1 saturated heterocycles. The van der Waals surface area contributed by atoms with E-state index in [9.17, 15) is 8.42 Å². The molecule has 1 atom stereocenters. The maximum atomic E-state index is 13.5. The average Bonchev–Trinajstić information content (AvgIpc) is 3.07. The average molecular weight is 369 g/mol. The number of nitrogens with zero attached hydrogens (tertiary/aromatic N) is 1. The molecule has 0 amide bonds. The lowest BCUT2D eigenvalue weighted by atomic mass is 10.0. The van der Waals surface area contributed by atoms with E-state index in [-0.39, 0.29) is 6.04 Å². The van der Waals surface area contributed by atoms with Crippen LogP contribution in [0.15, 0.2) is 53.4 Å². The van der Waals surface area contributed by atoms with Gasteiger partial charge in [0.15, 0.2) is 0 Å². The first-order chi connectivity index (χ1) is 12.5. The molecule has 3 aromatic rings. The molecule has 2 heterocycles. The zero-order valence-electron chi connectivity index (χ0n) is 15.2. The van der Waals surface area contributed by atoms with Crippen molar-refractivity contribution in [1.29, 1.82) is 0 Å². The molecule has 136 valence electrons. The summed E-state index contributed by atoms with van der Waals surface area (Å²) in [4.78, 5) is 3.87. The molecule has 0 saturated carbocycles. The number of nitrogens with one attached hydrogen (secondary N) is 1. The number of sulfonamides is 1. The van der Waals surface area contributed by atoms with Gasteiger partial charge in [-0.3, -0.25) is 0 Å². The van der Waals surface area contributed by atoms with Gasteiger partial charge in [0.2, 0.25) is 10.0 Å². The summed E-state index contributed by atoms with van der Waals surface area (Å²) in [6, 6.07) is 15.7. The summed E-state index contributed by atoms with van der Waals surface area (Å²) >= 11 is 0. The molecule has 1 aliphatic rings. The van der Waals surface area contributed by atoms with Crippen LogP contribution < -0.4 is 0 Å². The van der Waals surface area contributed by atoms with Crippen LogP contribution in [-0.2, 0) is 10.0 Å². The van der Waals surface area contributed by atoms with Crippen LogP contribution in [0.4, 0.5) is 0 Å². The van der Waals surface area contributed by atoms with Crippen LogP contribution in [0.2, 0.25) is 0 Å². The zero-order valence-corrected chi connectivity index (χ0v) is 16.0. The molecule has 1 unspecified atom stereocenters. The summed E-state index contributed by atoms with van der Waals surface area (Å²) in [7, 11) is -3.54. The number of piperidine rings is 1. The van der Waals surface area contributed by atoms with E-state index < -0.39 is 10.0 Å². The van der Waals surface area contributed by atoms with Crippen LogP contribution in [-0.4, -0.2) is 24.3 Å². The van der Waals surface area contributed by atoms with E-state index in [1.807, 2.05) is 44.2 Å². The number of hydrogen-bond acceptors (Lipinski definition) is 2. The lowest BCUT2D eigenvalue weighted by Gasteiger charge is -2.34. The van der Waals surface area contributed by atoms with E-state index in [0.717, 1.165) is 47.0 Å². The Labute approximate surface area is 154 Å². The third kappa shape index (κ3) is 2.95. The molecule has 0 spiro atoms. The molecule has 1 N–H and O–H groups in total. The fourth-order valence-corrected chi connectivity index (χ4v) is 5.88. The Morgan fingerprint density at radius 1 is 1.04 bits per heavy atom. The number of hydrogen-bond donors (Lipinski definition) is 1. The standard InChI is InChI=1S/C21H24N2O2S/c1-15-10-11-16(2)21(13-15)26(24,25)23-12-6-5-9-20(23)19-14-17-7-3-4-8-18(17)22-19/h3-4,7-8,10-11,13-14,20,22H,5-6,9,12H2,1-2H3. The second kappa shape index (κ2) is 6.56. The van der Waals surface area contributed by atoms with Gasteiger partial charge in [0.1, 0.15) is 0 Å². The zero-order chi connectivity index (χ0) is 18.3. The Morgan fingerprint density at radius 3 is 2.65 bits per heavy atom. The SMILES string of the molecule is Cc1ccc(C)c(S(=O)(=O)N2CCCCC2c2cc3ccccc3[nH]2)c1. The normalized spacial score (nSPS) is 19.1. The van der Waals surface area contributed by atoms with E-state index >= 15 is 0 Å². The first kappa shape index (κ1) is 17.3. The van der Waals surface area contributed by atoms with Gasteiger partial charge in [0.05, 0.1) is 10.9 Å². The largest absolute Gasteiger partial charge is 0.357 e. The lowest BCUT2D eigenvalue weighted by Crippen LogP contribution is -2.38. The summed E-state index contributed by atoms with van der Waals surface area (Å²) < 4.78 is 28.6. The summed E-state index contributed by atoms with van der Waals surface area (Å²) in [6.07, 6.45) is 2.79. The number of benzene rings is 2. The van der Waals surface area contributed by atoms with Crippen LogP contribution in [0, 0.1) is 13.8 Å². The monoisotopic (exact) mass is 368 g/mol. The van der Waals surface area contributed by atoms with Gasteiger partial charge in [0.25, 0.3) is 0 Å². The maximum Gasteiger partial charge on any atom is 0.243 e. The molecule has 4 rings (SSSR count). The minimum atomic E-state index is -3.54. The van der Waals surface area contributed by atoms with Gasteiger partial charge >= 0.3 is 0 Å². The highest BCUT2D eigenvalue weighted by molar-refractivity contribution is 7.89. The minimum absolute atomic E-state index is 0.138. The van der Waals surface area contributed by atoms with Crippen LogP contribution >= 0.6 is 0 Å². The van der Waals surface area contributed by atoms with E-state index in [1.165, 1.54) is 0 Å². The van der Waals surface area contributed by atoms with Gasteiger partial charge in [-0.15, -0.1) is 0 Å². The Hall–Kier alpha value is -2.11. The Morgan fingerprint density at radius 2 is 1.85 bits per heavy atom. The number of H-pyrrole nitrogens is 1. The van der Waals surface area contributed by atoms with Crippen molar-refractivity contribution in [2.75, 3.05) is 6.54 Å². The Kier molecular flexibility index (Phi) is 4.37. The van der Waals surface area contributed by atoms with Gasteiger partial charge < -0.3 is 4.98 Å². The fraction of sp³-hybridized carbons (Fsp3) is 0.333. The summed E-state index contributed by atoms with van der Waals surface area (Å²) in [5.41, 5.74) is 3.81. The van der Waals surface area contributed by atoms with Crippen molar-refractivity contribution in [1.82, 2.24) is 9.29 Å². The number of aromatic amines is 1. The van der Waals surface area contributed by atoms with Crippen molar-refractivity contribution in [2.45, 2.75) is 44.0 Å². The van der Waals surface area contributed by atoms with Crippen molar-refractivity contribution in [3.05, 3.63) is 65.4 Å². The van der Waals surface area contributed by atoms with Crippen molar-refractivity contribution >= 4 is 20.9 Å². The first-order valence-electron chi connectivity index (χ1n) is 9.13. The quantitative estimate of drug-likeness (QED) is 0.728. The summed E-state index contributed by atoms with van der Waals surface area (Å²) in [5.74, 6) is 0. The predicted molar refractivity (Wildman–Crippen MR) is 105 cm³/mol. The van der Waals surface area contributed by atoms with E-state index in [2.05, 4.69) is 17.1 Å². The van der Waals surface area contributed by atoms with Crippen molar-refractivity contribution in [3.63, 3.8) is 0 Å². The first-order valence-corrected chi connectivity index (χ1v) is 10.6. The van der Waals surface area contributed by atoms with E-state index in [1.54, 1.807) is 10.4 Å². The van der Waals surface area contributed by atoms with Crippen LogP contribution in [0.3, 0.4) is 0 Å². The molecule has 0 radical (unpaired) electrons. The van der Waals surface area contributed by atoms with Crippen LogP contribution in [0.25, 0.3) is 10.9 Å². The number of aromatic nitrogens is 1. The molecular weight excluding hydrogens is 344 g/mol. The molecule has 0 bridgehead atoms. The molecule has 4 nitrogen and oxygen atoms in total. The molecule has 1 aromatic heterocycles. The number of para-hydroxylation sites is 1. The number of rotatable bonds is 3. The Balaban J connectivity index is 1.78. The third-order valence-electron chi connectivity index (χ3n) is 5.29. The molecular formula is C21H24N2O2S. The Bertz CT molecular complexity index is 1020. The van der Waals surface area contributed by atoms with E-state index in [0.29, 0.717) is 11.4 Å². The summed E-state index contributed by atoms with van der Waals surface area (Å²) in [5, 5.41) is 1.12. The van der Waals surface area contributed by atoms with Crippen molar-refractivity contribution < 1.29 is 8.42 Å². The van der Waals surface area contributed by atoms with Gasteiger partial charge in [0, 0.05) is 17.8 Å². The second-order valence-corrected chi connectivity index (χ2v) is 9.07. The van der Waals surface area contributed by atoms with Gasteiger partial charge in [-0.1, -0.05) is 36.8 Å². The molecule has 26 heavy (non-hydrogen) atoms. The highest BCUT2D eigenvalue weighted by Crippen LogP contribution is 2.37. The van der Waals surface area contributed by atoms with Gasteiger partial charge in [-0.05, 0) is 61.4 Å². The number of aryl methyl sites for hydroxylation is 2. The fourth-order valence-electron chi connectivity index (χ4n) is 3.89. The maximum absolute atomic E-state index is 13.5. The van der Waals surface area contributed by atoms with Gasteiger partial charge in [-0.2, -0.15) is 4.31 Å². The number of fused-ring (bicyclic) bond motifs is 1. The van der Waals surface area contributed by atoms with Gasteiger partial charge in [-0.25, -0.2) is 8.42 Å². The van der Waals surface area contributed by atoms with Crippen LogP contribution in [0.5, 0.6) is 0 Å².